The summed E-state index contributed by atoms with van der Waals surface area (Å²) >= 11 is 0. The zero-order chi connectivity index (χ0) is 13.7. The number of esters is 1. The van der Waals surface area contributed by atoms with Gasteiger partial charge in [0.15, 0.2) is 0 Å². The number of para-hydroxylation sites is 1. The Morgan fingerprint density at radius 3 is 3.05 bits per heavy atom. The normalized spacial score (nSPS) is 15.8. The zero-order valence-corrected chi connectivity index (χ0v) is 11.3. The molecule has 104 valence electrons. The number of ether oxygens (including phenoxy) is 1. The number of anilines is 1. The van der Waals surface area contributed by atoms with E-state index in [9.17, 15) is 9.90 Å². The average molecular weight is 263 g/mol. The zero-order valence-electron chi connectivity index (χ0n) is 11.3. The van der Waals surface area contributed by atoms with Gasteiger partial charge in [-0.25, -0.2) is 0 Å². The van der Waals surface area contributed by atoms with Gasteiger partial charge >= 0.3 is 5.97 Å². The van der Waals surface area contributed by atoms with Crippen LogP contribution in [0.2, 0.25) is 0 Å². The van der Waals surface area contributed by atoms with Gasteiger partial charge in [0, 0.05) is 25.2 Å². The van der Waals surface area contributed by atoms with Crippen LogP contribution >= 0.6 is 0 Å². The molecule has 2 rings (SSSR count). The lowest BCUT2D eigenvalue weighted by Gasteiger charge is -2.32. The van der Waals surface area contributed by atoms with Crippen molar-refractivity contribution in [1.29, 1.82) is 0 Å². The number of aliphatic hydroxyl groups excluding tert-OH is 1. The van der Waals surface area contributed by atoms with Crippen LogP contribution < -0.4 is 4.90 Å². The lowest BCUT2D eigenvalue weighted by Crippen LogP contribution is -2.36. The minimum Gasteiger partial charge on any atom is -0.469 e. The van der Waals surface area contributed by atoms with E-state index in [4.69, 9.17) is 0 Å². The Bertz CT molecular complexity index is 433. The van der Waals surface area contributed by atoms with Crippen molar-refractivity contribution < 1.29 is 14.6 Å². The van der Waals surface area contributed by atoms with Gasteiger partial charge in [0.1, 0.15) is 0 Å². The van der Waals surface area contributed by atoms with Crippen LogP contribution in [-0.4, -0.2) is 37.4 Å². The molecule has 0 spiro atoms. The number of carbonyl (C=O) groups excluding carboxylic acids is 1. The fraction of sp³-hybridized carbons (Fsp3) is 0.533. The average Bonchev–Trinajstić information content (AvgIpc) is 2.45. The first kappa shape index (κ1) is 13.9. The molecule has 1 aromatic carbocycles. The monoisotopic (exact) mass is 263 g/mol. The number of hydrogen-bond donors (Lipinski definition) is 1. The van der Waals surface area contributed by atoms with Crippen molar-refractivity contribution in [2.75, 3.05) is 25.1 Å². The topological polar surface area (TPSA) is 49.8 Å². The highest BCUT2D eigenvalue weighted by molar-refractivity contribution is 5.69. The highest BCUT2D eigenvalue weighted by atomic mass is 16.5. The summed E-state index contributed by atoms with van der Waals surface area (Å²) in [5.41, 5.74) is 2.56. The van der Waals surface area contributed by atoms with Crippen molar-refractivity contribution in [3.05, 3.63) is 29.8 Å². The third kappa shape index (κ3) is 3.70. The Morgan fingerprint density at radius 2 is 2.26 bits per heavy atom. The molecule has 0 aliphatic carbocycles. The van der Waals surface area contributed by atoms with Crippen LogP contribution in [0.25, 0.3) is 0 Å². The number of nitrogens with zero attached hydrogens (tertiary/aromatic N) is 1. The number of β-amino-alcohol motifs (C(OH)–C–C–N with tert-alkyl or cyclic N) is 1. The summed E-state index contributed by atoms with van der Waals surface area (Å²) in [5, 5.41) is 10.0. The van der Waals surface area contributed by atoms with E-state index in [0.717, 1.165) is 19.4 Å². The fourth-order valence-electron chi connectivity index (χ4n) is 2.53. The summed E-state index contributed by atoms with van der Waals surface area (Å²) in [5.74, 6) is -0.266. The molecule has 1 heterocycles. The van der Waals surface area contributed by atoms with E-state index in [1.807, 2.05) is 6.07 Å². The van der Waals surface area contributed by atoms with Gasteiger partial charge in [0.05, 0.1) is 13.2 Å². The van der Waals surface area contributed by atoms with Gasteiger partial charge < -0.3 is 14.7 Å². The number of aryl methyl sites for hydroxylation is 1. The van der Waals surface area contributed by atoms with E-state index in [1.54, 1.807) is 0 Å². The predicted molar refractivity (Wildman–Crippen MR) is 74.2 cm³/mol. The summed E-state index contributed by atoms with van der Waals surface area (Å²) in [6.45, 7) is 1.54. The minimum absolute atomic E-state index is 0.266. The van der Waals surface area contributed by atoms with E-state index >= 15 is 0 Å². The molecule has 4 heteroatoms. The van der Waals surface area contributed by atoms with Crippen molar-refractivity contribution in [3.8, 4) is 0 Å². The standard InChI is InChI=1S/C15H21NO3/c1-19-15(18)9-8-13(17)11-16-10-4-6-12-5-2-3-7-14(12)16/h2-3,5,7,13,17H,4,6,8-11H2,1H3. The highest BCUT2D eigenvalue weighted by Gasteiger charge is 2.19. The van der Waals surface area contributed by atoms with E-state index in [1.165, 1.54) is 18.4 Å². The first-order valence-electron chi connectivity index (χ1n) is 6.78. The molecule has 0 amide bonds. The Balaban J connectivity index is 1.91. The second-order valence-electron chi connectivity index (χ2n) is 4.95. The maximum atomic E-state index is 11.1. The smallest absolute Gasteiger partial charge is 0.305 e. The number of carbonyl (C=O) groups is 1. The first-order valence-corrected chi connectivity index (χ1v) is 6.78. The Morgan fingerprint density at radius 1 is 1.47 bits per heavy atom. The van der Waals surface area contributed by atoms with Crippen molar-refractivity contribution in [1.82, 2.24) is 0 Å². The van der Waals surface area contributed by atoms with Gasteiger partial charge in [-0.2, -0.15) is 0 Å². The van der Waals surface area contributed by atoms with Gasteiger partial charge in [-0.1, -0.05) is 18.2 Å². The molecule has 0 fully saturated rings. The molecule has 1 aliphatic rings. The number of rotatable bonds is 5. The van der Waals surface area contributed by atoms with Gasteiger partial charge in [-0.3, -0.25) is 4.79 Å². The summed E-state index contributed by atoms with van der Waals surface area (Å²) in [7, 11) is 1.37. The number of hydrogen-bond acceptors (Lipinski definition) is 4. The third-order valence-corrected chi connectivity index (χ3v) is 3.55. The number of methoxy groups -OCH3 is 1. The van der Waals surface area contributed by atoms with Crippen LogP contribution in [0.15, 0.2) is 24.3 Å². The molecule has 0 saturated carbocycles. The van der Waals surface area contributed by atoms with Crippen molar-refractivity contribution in [2.24, 2.45) is 0 Å². The van der Waals surface area contributed by atoms with Crippen molar-refractivity contribution >= 4 is 11.7 Å². The number of fused-ring (bicyclic) bond motifs is 1. The van der Waals surface area contributed by atoms with E-state index in [2.05, 4.69) is 27.8 Å². The second kappa shape index (κ2) is 6.57. The molecule has 19 heavy (non-hydrogen) atoms. The molecule has 1 atom stereocenters. The van der Waals surface area contributed by atoms with Crippen molar-refractivity contribution in [2.45, 2.75) is 31.8 Å². The third-order valence-electron chi connectivity index (χ3n) is 3.55. The first-order chi connectivity index (χ1) is 9.20. The number of aliphatic hydroxyl groups is 1. The SMILES string of the molecule is COC(=O)CCC(O)CN1CCCc2ccccc21. The molecule has 0 saturated heterocycles. The van der Waals surface area contributed by atoms with Gasteiger partial charge in [0.2, 0.25) is 0 Å². The largest absolute Gasteiger partial charge is 0.469 e. The van der Waals surface area contributed by atoms with E-state index in [0.29, 0.717) is 13.0 Å². The summed E-state index contributed by atoms with van der Waals surface area (Å²) < 4.78 is 4.58. The molecular weight excluding hydrogens is 242 g/mol. The van der Waals surface area contributed by atoms with Crippen LogP contribution in [0.3, 0.4) is 0 Å². The Labute approximate surface area is 114 Å². The highest BCUT2D eigenvalue weighted by Crippen LogP contribution is 2.26. The summed E-state index contributed by atoms with van der Waals surface area (Å²) in [4.78, 5) is 13.3. The molecule has 1 unspecified atom stereocenters. The Hall–Kier alpha value is -1.55. The molecule has 1 aromatic rings. The van der Waals surface area contributed by atoms with Gasteiger partial charge in [-0.05, 0) is 30.9 Å². The molecule has 0 bridgehead atoms. The van der Waals surface area contributed by atoms with Crippen LogP contribution in [0.1, 0.15) is 24.8 Å². The molecule has 0 aromatic heterocycles. The number of benzene rings is 1. The maximum absolute atomic E-state index is 11.1. The molecule has 1 aliphatic heterocycles. The van der Waals surface area contributed by atoms with Gasteiger partial charge in [-0.15, -0.1) is 0 Å². The quantitative estimate of drug-likeness (QED) is 0.822. The molecule has 1 N–H and O–H groups in total. The molecule has 0 radical (unpaired) electrons. The van der Waals surface area contributed by atoms with E-state index in [-0.39, 0.29) is 12.4 Å². The lowest BCUT2D eigenvalue weighted by molar-refractivity contribution is -0.141. The maximum Gasteiger partial charge on any atom is 0.305 e. The van der Waals surface area contributed by atoms with Crippen LogP contribution in [0.4, 0.5) is 5.69 Å². The second-order valence-corrected chi connectivity index (χ2v) is 4.95. The lowest BCUT2D eigenvalue weighted by atomic mass is 10.0. The Kier molecular flexibility index (Phi) is 4.80. The van der Waals surface area contributed by atoms with Gasteiger partial charge in [0.25, 0.3) is 0 Å². The molecular formula is C15H21NO3. The van der Waals surface area contributed by atoms with E-state index < -0.39 is 6.10 Å². The van der Waals surface area contributed by atoms with Crippen LogP contribution in [0, 0.1) is 0 Å². The van der Waals surface area contributed by atoms with Crippen LogP contribution in [0.5, 0.6) is 0 Å². The van der Waals surface area contributed by atoms with Crippen molar-refractivity contribution in [3.63, 3.8) is 0 Å². The molecule has 4 nitrogen and oxygen atoms in total. The summed E-state index contributed by atoms with van der Waals surface area (Å²) in [6.07, 6.45) is 2.44. The predicted octanol–water partition coefficient (Wildman–Crippen LogP) is 1.75. The van der Waals surface area contributed by atoms with Crippen LogP contribution in [-0.2, 0) is 16.0 Å². The fourth-order valence-corrected chi connectivity index (χ4v) is 2.53. The summed E-state index contributed by atoms with van der Waals surface area (Å²) in [6, 6.07) is 8.32. The minimum atomic E-state index is -0.495.